The van der Waals surface area contributed by atoms with Crippen molar-refractivity contribution in [1.29, 1.82) is 0 Å². The van der Waals surface area contributed by atoms with Crippen molar-refractivity contribution in [3.05, 3.63) is 60.2 Å². The van der Waals surface area contributed by atoms with Gasteiger partial charge in [0, 0.05) is 37.6 Å². The predicted octanol–water partition coefficient (Wildman–Crippen LogP) is 2.25. The predicted molar refractivity (Wildman–Crippen MR) is 87.7 cm³/mol. The second kappa shape index (κ2) is 7.21. The number of hydrogen-bond donors (Lipinski definition) is 1. The summed E-state index contributed by atoms with van der Waals surface area (Å²) in [6, 6.07) is 9.66. The van der Waals surface area contributed by atoms with Crippen LogP contribution in [0.25, 0.3) is 0 Å². The number of carbonyl (C=O) groups is 2. The van der Waals surface area contributed by atoms with Gasteiger partial charge in [-0.1, -0.05) is 12.1 Å². The highest BCUT2D eigenvalue weighted by Crippen LogP contribution is 2.20. The van der Waals surface area contributed by atoms with Crippen molar-refractivity contribution < 1.29 is 14.0 Å². The van der Waals surface area contributed by atoms with Crippen LogP contribution in [0, 0.1) is 11.7 Å². The maximum absolute atomic E-state index is 12.9. The van der Waals surface area contributed by atoms with Gasteiger partial charge in [0.05, 0.1) is 5.92 Å². The second-order valence-electron chi connectivity index (χ2n) is 5.84. The lowest BCUT2D eigenvalue weighted by Crippen LogP contribution is -2.30. The lowest BCUT2D eigenvalue weighted by Gasteiger charge is -2.16. The van der Waals surface area contributed by atoms with E-state index in [1.54, 1.807) is 41.6 Å². The van der Waals surface area contributed by atoms with Crippen molar-refractivity contribution in [1.82, 2.24) is 9.88 Å². The number of benzene rings is 1. The number of halogens is 1. The minimum atomic E-state index is -0.348. The molecule has 0 unspecified atom stereocenters. The lowest BCUT2D eigenvalue weighted by molar-refractivity contribution is -0.128. The van der Waals surface area contributed by atoms with Crippen molar-refractivity contribution in [3.63, 3.8) is 0 Å². The molecule has 0 aliphatic carbocycles. The van der Waals surface area contributed by atoms with Gasteiger partial charge in [0.2, 0.25) is 11.8 Å². The molecule has 0 saturated carbocycles. The number of likely N-dealkylation sites (tertiary alicyclic amines) is 1. The number of aromatic nitrogens is 1. The molecule has 2 heterocycles. The average Bonchev–Trinajstić information content (AvgIpc) is 2.96. The SMILES string of the molecule is O=C(Nc1ccncc1)[C@H]1CC(=O)N(CCc2ccc(F)cc2)C1. The van der Waals surface area contributed by atoms with Crippen LogP contribution in [0.4, 0.5) is 10.1 Å². The van der Waals surface area contributed by atoms with Gasteiger partial charge in [-0.25, -0.2) is 4.39 Å². The van der Waals surface area contributed by atoms with Gasteiger partial charge < -0.3 is 10.2 Å². The Hall–Kier alpha value is -2.76. The van der Waals surface area contributed by atoms with Gasteiger partial charge in [0.1, 0.15) is 5.82 Å². The standard InChI is InChI=1S/C18H18FN3O2/c19-15-3-1-13(2-4-15)7-10-22-12-14(11-17(22)23)18(24)21-16-5-8-20-9-6-16/h1-6,8-9,14H,7,10-12H2,(H,20,21,24)/t14-/m0/s1. The molecule has 1 atom stereocenters. The third kappa shape index (κ3) is 3.95. The molecule has 0 radical (unpaired) electrons. The van der Waals surface area contributed by atoms with Crippen molar-refractivity contribution in [2.45, 2.75) is 12.8 Å². The first-order chi connectivity index (χ1) is 11.6. The molecular weight excluding hydrogens is 309 g/mol. The molecule has 1 aliphatic rings. The molecule has 1 aliphatic heterocycles. The quantitative estimate of drug-likeness (QED) is 0.916. The molecule has 1 N–H and O–H groups in total. The first-order valence-corrected chi connectivity index (χ1v) is 7.85. The highest BCUT2D eigenvalue weighted by molar-refractivity contribution is 5.97. The number of nitrogens with one attached hydrogen (secondary N) is 1. The number of amides is 2. The zero-order valence-corrected chi connectivity index (χ0v) is 13.1. The summed E-state index contributed by atoms with van der Waals surface area (Å²) in [6.45, 7) is 0.945. The van der Waals surface area contributed by atoms with Gasteiger partial charge in [-0.3, -0.25) is 14.6 Å². The largest absolute Gasteiger partial charge is 0.342 e. The molecule has 1 aromatic carbocycles. The molecular formula is C18H18FN3O2. The van der Waals surface area contributed by atoms with Crippen LogP contribution >= 0.6 is 0 Å². The van der Waals surface area contributed by atoms with Crippen LogP contribution < -0.4 is 5.32 Å². The van der Waals surface area contributed by atoms with Crippen LogP contribution in [0.2, 0.25) is 0 Å². The molecule has 2 aromatic rings. The Balaban J connectivity index is 1.53. The lowest BCUT2D eigenvalue weighted by atomic mass is 10.1. The summed E-state index contributed by atoms with van der Waals surface area (Å²) >= 11 is 0. The maximum Gasteiger partial charge on any atom is 0.229 e. The molecule has 0 bridgehead atoms. The van der Waals surface area contributed by atoms with E-state index >= 15 is 0 Å². The Morgan fingerprint density at radius 1 is 1.21 bits per heavy atom. The maximum atomic E-state index is 12.9. The smallest absolute Gasteiger partial charge is 0.229 e. The summed E-state index contributed by atoms with van der Waals surface area (Å²) in [5.74, 6) is -0.798. The first kappa shape index (κ1) is 16.1. The molecule has 2 amide bonds. The van der Waals surface area contributed by atoms with Gasteiger partial charge >= 0.3 is 0 Å². The summed E-state index contributed by atoms with van der Waals surface area (Å²) < 4.78 is 12.9. The monoisotopic (exact) mass is 327 g/mol. The first-order valence-electron chi connectivity index (χ1n) is 7.85. The fourth-order valence-electron chi connectivity index (χ4n) is 2.76. The van der Waals surface area contributed by atoms with E-state index < -0.39 is 0 Å². The van der Waals surface area contributed by atoms with E-state index in [1.165, 1.54) is 12.1 Å². The minimum absolute atomic E-state index is 0.0213. The average molecular weight is 327 g/mol. The molecule has 0 spiro atoms. The second-order valence-corrected chi connectivity index (χ2v) is 5.84. The summed E-state index contributed by atoms with van der Waals surface area (Å²) in [6.07, 6.45) is 4.07. The fourth-order valence-corrected chi connectivity index (χ4v) is 2.76. The van der Waals surface area contributed by atoms with E-state index in [0.717, 1.165) is 5.56 Å². The number of carbonyl (C=O) groups excluding carboxylic acids is 2. The van der Waals surface area contributed by atoms with E-state index in [9.17, 15) is 14.0 Å². The van der Waals surface area contributed by atoms with Crippen LogP contribution in [0.15, 0.2) is 48.8 Å². The topological polar surface area (TPSA) is 62.3 Å². The van der Waals surface area contributed by atoms with Crippen LogP contribution in [0.3, 0.4) is 0 Å². The van der Waals surface area contributed by atoms with Crippen LogP contribution in [-0.2, 0) is 16.0 Å². The Morgan fingerprint density at radius 3 is 2.62 bits per heavy atom. The molecule has 1 fully saturated rings. The number of pyridine rings is 1. The molecule has 6 heteroatoms. The number of nitrogens with zero attached hydrogens (tertiary/aromatic N) is 2. The van der Waals surface area contributed by atoms with Crippen LogP contribution in [-0.4, -0.2) is 34.8 Å². The van der Waals surface area contributed by atoms with E-state index in [0.29, 0.717) is 25.2 Å². The van der Waals surface area contributed by atoms with Gasteiger partial charge in [0.25, 0.3) is 0 Å². The molecule has 3 rings (SSSR count). The number of anilines is 1. The van der Waals surface area contributed by atoms with Crippen molar-refractivity contribution in [3.8, 4) is 0 Å². The Morgan fingerprint density at radius 2 is 1.92 bits per heavy atom. The summed E-state index contributed by atoms with van der Waals surface area (Å²) in [4.78, 5) is 29.9. The Labute approximate surface area is 139 Å². The molecule has 24 heavy (non-hydrogen) atoms. The highest BCUT2D eigenvalue weighted by Gasteiger charge is 2.33. The van der Waals surface area contributed by atoms with E-state index in [1.807, 2.05) is 0 Å². The van der Waals surface area contributed by atoms with E-state index in [-0.39, 0.29) is 30.0 Å². The Kier molecular flexibility index (Phi) is 4.84. The summed E-state index contributed by atoms with van der Waals surface area (Å²) in [5.41, 5.74) is 1.64. The minimum Gasteiger partial charge on any atom is -0.342 e. The summed E-state index contributed by atoms with van der Waals surface area (Å²) in [5, 5.41) is 2.81. The van der Waals surface area contributed by atoms with E-state index in [2.05, 4.69) is 10.3 Å². The normalized spacial score (nSPS) is 17.1. The molecule has 1 saturated heterocycles. The highest BCUT2D eigenvalue weighted by atomic mass is 19.1. The van der Waals surface area contributed by atoms with Crippen molar-refractivity contribution in [2.75, 3.05) is 18.4 Å². The third-order valence-corrected chi connectivity index (χ3v) is 4.12. The molecule has 1 aromatic heterocycles. The number of rotatable bonds is 5. The fraction of sp³-hybridized carbons (Fsp3) is 0.278. The van der Waals surface area contributed by atoms with Crippen molar-refractivity contribution in [2.24, 2.45) is 5.92 Å². The van der Waals surface area contributed by atoms with Gasteiger partial charge in [-0.2, -0.15) is 0 Å². The van der Waals surface area contributed by atoms with Gasteiger partial charge in [-0.15, -0.1) is 0 Å². The van der Waals surface area contributed by atoms with Gasteiger partial charge in [0.15, 0.2) is 0 Å². The Bertz CT molecular complexity index is 719. The zero-order valence-electron chi connectivity index (χ0n) is 13.1. The summed E-state index contributed by atoms with van der Waals surface area (Å²) in [7, 11) is 0. The van der Waals surface area contributed by atoms with Crippen LogP contribution in [0.1, 0.15) is 12.0 Å². The zero-order chi connectivity index (χ0) is 16.9. The van der Waals surface area contributed by atoms with E-state index in [4.69, 9.17) is 0 Å². The number of hydrogen-bond acceptors (Lipinski definition) is 3. The van der Waals surface area contributed by atoms with Gasteiger partial charge in [-0.05, 0) is 36.2 Å². The van der Waals surface area contributed by atoms with Crippen LogP contribution in [0.5, 0.6) is 0 Å². The molecule has 124 valence electrons. The van der Waals surface area contributed by atoms with Crippen molar-refractivity contribution >= 4 is 17.5 Å². The molecule has 5 nitrogen and oxygen atoms in total. The third-order valence-electron chi connectivity index (χ3n) is 4.12.